The van der Waals surface area contributed by atoms with Crippen LogP contribution < -0.4 is 15.6 Å². The van der Waals surface area contributed by atoms with Gasteiger partial charge in [0, 0.05) is 11.8 Å². The third kappa shape index (κ3) is 3.31. The number of methoxy groups -OCH3 is 1. The molecule has 0 unspecified atom stereocenters. The fourth-order valence-corrected chi connectivity index (χ4v) is 3.24. The van der Waals surface area contributed by atoms with Crippen molar-refractivity contribution in [1.29, 1.82) is 0 Å². The first-order valence-electron chi connectivity index (χ1n) is 9.36. The van der Waals surface area contributed by atoms with Crippen molar-refractivity contribution < 1.29 is 9.13 Å². The first-order valence-corrected chi connectivity index (χ1v) is 9.36. The molecule has 0 bridgehead atoms. The number of hydrogen-bond donors (Lipinski definition) is 1. The number of nitrogens with zero attached hydrogens (tertiary/aromatic N) is 5. The van der Waals surface area contributed by atoms with Gasteiger partial charge in [0.25, 0.3) is 5.56 Å². The van der Waals surface area contributed by atoms with Crippen molar-refractivity contribution in [3.05, 3.63) is 83.0 Å². The normalized spacial score (nSPS) is 11.0. The Labute approximate surface area is 175 Å². The number of anilines is 2. The SMILES string of the molecule is COc1cccc(-c2nc3c4c(F)cccc4nc(Nc4ccccnc4=O)n3n2)c1. The number of ether oxygens (including phenoxy) is 1. The standard InChI is InChI=1S/C22H15FN6O2/c1-31-14-7-4-6-13(12-14)19-27-20-18-15(23)8-5-10-16(18)25-22(29(20)28-19)26-17-9-2-3-11-24-21(17)30/h2-12H,1H3,(H,24,25,26,30). The molecule has 0 saturated heterocycles. The van der Waals surface area contributed by atoms with Crippen LogP contribution in [0.4, 0.5) is 16.0 Å². The molecule has 0 aliphatic heterocycles. The summed E-state index contributed by atoms with van der Waals surface area (Å²) < 4.78 is 21.4. The van der Waals surface area contributed by atoms with Crippen molar-refractivity contribution in [2.24, 2.45) is 0 Å². The third-order valence-corrected chi connectivity index (χ3v) is 4.71. The lowest BCUT2D eigenvalue weighted by Gasteiger charge is -2.08. The number of benzene rings is 2. The van der Waals surface area contributed by atoms with Gasteiger partial charge in [0.15, 0.2) is 11.5 Å². The minimum absolute atomic E-state index is 0.202. The van der Waals surface area contributed by atoms with Gasteiger partial charge in [-0.1, -0.05) is 24.3 Å². The smallest absolute Gasteiger partial charge is 0.293 e. The Morgan fingerprint density at radius 1 is 1.03 bits per heavy atom. The number of rotatable bonds is 4. The van der Waals surface area contributed by atoms with E-state index in [0.29, 0.717) is 22.7 Å². The van der Waals surface area contributed by atoms with Crippen LogP contribution in [0.25, 0.3) is 27.9 Å². The van der Waals surface area contributed by atoms with E-state index in [1.165, 1.54) is 16.8 Å². The fraction of sp³-hybridized carbons (Fsp3) is 0.0455. The Bertz CT molecular complexity index is 1500. The summed E-state index contributed by atoms with van der Waals surface area (Å²) in [7, 11) is 1.57. The topological polar surface area (TPSA) is 94.3 Å². The first kappa shape index (κ1) is 18.6. The molecule has 152 valence electrons. The third-order valence-electron chi connectivity index (χ3n) is 4.71. The van der Waals surface area contributed by atoms with Gasteiger partial charge >= 0.3 is 0 Å². The second-order valence-electron chi connectivity index (χ2n) is 6.65. The van der Waals surface area contributed by atoms with E-state index >= 15 is 0 Å². The van der Waals surface area contributed by atoms with Gasteiger partial charge in [0.05, 0.1) is 18.0 Å². The summed E-state index contributed by atoms with van der Waals surface area (Å²) in [6, 6.07) is 16.7. The molecule has 9 heteroatoms. The highest BCUT2D eigenvalue weighted by Crippen LogP contribution is 2.28. The monoisotopic (exact) mass is 414 g/mol. The Balaban J connectivity index is 1.77. The van der Waals surface area contributed by atoms with Crippen LogP contribution in [-0.2, 0) is 0 Å². The molecule has 5 rings (SSSR count). The quantitative estimate of drug-likeness (QED) is 0.480. The van der Waals surface area contributed by atoms with Gasteiger partial charge in [-0.15, -0.1) is 5.10 Å². The molecule has 1 N–H and O–H groups in total. The van der Waals surface area contributed by atoms with Gasteiger partial charge in [-0.25, -0.2) is 19.3 Å². The Morgan fingerprint density at radius 2 is 1.90 bits per heavy atom. The number of nitrogens with one attached hydrogen (secondary N) is 1. The van der Waals surface area contributed by atoms with E-state index in [1.807, 2.05) is 12.1 Å². The van der Waals surface area contributed by atoms with E-state index in [9.17, 15) is 9.18 Å². The molecule has 5 aromatic rings. The van der Waals surface area contributed by atoms with E-state index in [-0.39, 0.29) is 22.7 Å². The van der Waals surface area contributed by atoms with Gasteiger partial charge in [0.1, 0.15) is 17.3 Å². The zero-order valence-electron chi connectivity index (χ0n) is 16.3. The highest BCUT2D eigenvalue weighted by molar-refractivity contribution is 5.93. The number of halogens is 1. The van der Waals surface area contributed by atoms with Crippen molar-refractivity contribution in [3.8, 4) is 17.1 Å². The van der Waals surface area contributed by atoms with Crippen LogP contribution >= 0.6 is 0 Å². The lowest BCUT2D eigenvalue weighted by molar-refractivity contribution is 0.415. The minimum Gasteiger partial charge on any atom is -0.497 e. The maximum absolute atomic E-state index is 14.7. The lowest BCUT2D eigenvalue weighted by Crippen LogP contribution is -2.11. The fourth-order valence-electron chi connectivity index (χ4n) is 3.24. The van der Waals surface area contributed by atoms with Gasteiger partial charge in [-0.3, -0.25) is 4.79 Å². The van der Waals surface area contributed by atoms with Crippen LogP contribution in [0.1, 0.15) is 0 Å². The summed E-state index contributed by atoms with van der Waals surface area (Å²) in [5.41, 5.74) is 1.07. The molecule has 3 aromatic heterocycles. The molecule has 0 amide bonds. The van der Waals surface area contributed by atoms with Crippen molar-refractivity contribution >= 4 is 28.2 Å². The summed E-state index contributed by atoms with van der Waals surface area (Å²) in [5, 5.41) is 7.72. The molecular weight excluding hydrogens is 399 g/mol. The summed E-state index contributed by atoms with van der Waals surface area (Å²) in [5.74, 6) is 0.740. The van der Waals surface area contributed by atoms with Crippen LogP contribution in [0, 0.1) is 5.82 Å². The summed E-state index contributed by atoms with van der Waals surface area (Å²) in [6.45, 7) is 0. The minimum atomic E-state index is -0.469. The van der Waals surface area contributed by atoms with Crippen molar-refractivity contribution in [2.75, 3.05) is 12.4 Å². The lowest BCUT2D eigenvalue weighted by atomic mass is 10.2. The molecule has 2 aromatic carbocycles. The Morgan fingerprint density at radius 3 is 2.77 bits per heavy atom. The van der Waals surface area contributed by atoms with Crippen molar-refractivity contribution in [2.45, 2.75) is 0 Å². The second-order valence-corrected chi connectivity index (χ2v) is 6.65. The van der Waals surface area contributed by atoms with E-state index < -0.39 is 11.4 Å². The van der Waals surface area contributed by atoms with Gasteiger partial charge in [0.2, 0.25) is 5.95 Å². The number of aromatic nitrogens is 5. The second kappa shape index (κ2) is 7.45. The van der Waals surface area contributed by atoms with Crippen LogP contribution in [-0.4, -0.2) is 31.7 Å². The molecule has 0 saturated carbocycles. The molecule has 0 spiro atoms. The van der Waals surface area contributed by atoms with Gasteiger partial charge in [-0.05, 0) is 36.4 Å². The molecule has 0 aliphatic rings. The average Bonchev–Trinajstić information content (AvgIpc) is 3.14. The maximum Gasteiger partial charge on any atom is 0.293 e. The average molecular weight is 414 g/mol. The largest absolute Gasteiger partial charge is 0.497 e. The van der Waals surface area contributed by atoms with E-state index in [0.717, 1.165) is 0 Å². The van der Waals surface area contributed by atoms with Crippen LogP contribution in [0.15, 0.2) is 71.7 Å². The molecule has 31 heavy (non-hydrogen) atoms. The predicted octanol–water partition coefficient (Wildman–Crippen LogP) is 3.59. The Hall–Kier alpha value is -4.40. The van der Waals surface area contributed by atoms with Crippen LogP contribution in [0.3, 0.4) is 0 Å². The molecule has 3 heterocycles. The van der Waals surface area contributed by atoms with E-state index in [2.05, 4.69) is 25.4 Å². The van der Waals surface area contributed by atoms with Gasteiger partial charge in [-0.2, -0.15) is 4.52 Å². The maximum atomic E-state index is 14.7. The zero-order valence-corrected chi connectivity index (χ0v) is 16.3. The zero-order chi connectivity index (χ0) is 21.4. The highest BCUT2D eigenvalue weighted by Gasteiger charge is 2.18. The van der Waals surface area contributed by atoms with Crippen molar-refractivity contribution in [3.63, 3.8) is 0 Å². The predicted molar refractivity (Wildman–Crippen MR) is 114 cm³/mol. The number of hydrogen-bond acceptors (Lipinski definition) is 7. The van der Waals surface area contributed by atoms with E-state index in [1.54, 1.807) is 49.6 Å². The summed E-state index contributed by atoms with van der Waals surface area (Å²) in [4.78, 5) is 25.1. The highest BCUT2D eigenvalue weighted by atomic mass is 19.1. The van der Waals surface area contributed by atoms with Gasteiger partial charge < -0.3 is 10.1 Å². The molecule has 8 nitrogen and oxygen atoms in total. The summed E-state index contributed by atoms with van der Waals surface area (Å²) >= 11 is 0. The molecule has 0 aliphatic carbocycles. The number of fused-ring (bicyclic) bond motifs is 3. The molecule has 0 fully saturated rings. The van der Waals surface area contributed by atoms with Crippen LogP contribution in [0.5, 0.6) is 5.75 Å². The van der Waals surface area contributed by atoms with Crippen LogP contribution in [0.2, 0.25) is 0 Å². The molecule has 0 radical (unpaired) electrons. The molecular formula is C22H15FN6O2. The van der Waals surface area contributed by atoms with E-state index in [4.69, 9.17) is 4.74 Å². The van der Waals surface area contributed by atoms with Crippen molar-refractivity contribution in [1.82, 2.24) is 24.6 Å². The molecule has 0 atom stereocenters. The Kier molecular flexibility index (Phi) is 4.47. The first-order chi connectivity index (χ1) is 15.1. The summed E-state index contributed by atoms with van der Waals surface area (Å²) in [6.07, 6.45) is 1.41.